The molecule has 52 heavy (non-hydrogen) atoms. The molecule has 2 atom stereocenters. The first kappa shape index (κ1) is 49.5. The first-order valence-corrected chi connectivity index (χ1v) is 21.2. The molecule has 0 fully saturated rings. The topological polar surface area (TPSA) is 111 Å². The van der Waals surface area contributed by atoms with Gasteiger partial charge in [-0.3, -0.25) is 14.2 Å². The fourth-order valence-corrected chi connectivity index (χ4v) is 5.44. The number of phosphoric acid groups is 1. The van der Waals surface area contributed by atoms with E-state index < -0.39 is 32.5 Å². The Morgan fingerprint density at radius 2 is 1.21 bits per heavy atom. The minimum atomic E-state index is -4.64. The number of allylic oxidation sites excluding steroid dienone is 12. The van der Waals surface area contributed by atoms with Crippen LogP contribution in [0.25, 0.3) is 0 Å². The summed E-state index contributed by atoms with van der Waals surface area (Å²) in [7, 11) is 1.10. The zero-order valence-electron chi connectivity index (χ0n) is 33.2. The highest BCUT2D eigenvalue weighted by molar-refractivity contribution is 7.45. The number of rotatable bonds is 34. The van der Waals surface area contributed by atoms with E-state index in [-0.39, 0.29) is 26.1 Å². The molecule has 0 saturated heterocycles. The number of phosphoric ester groups is 1. The number of unbranched alkanes of at least 4 members (excludes halogenated alkanes) is 11. The maximum absolute atomic E-state index is 12.6. The Labute approximate surface area is 317 Å². The van der Waals surface area contributed by atoms with Crippen molar-refractivity contribution in [3.05, 3.63) is 72.9 Å². The van der Waals surface area contributed by atoms with Gasteiger partial charge in [0.25, 0.3) is 7.82 Å². The number of likely N-dealkylation sites (N-methyl/N-ethyl adjacent to an activating group) is 1. The van der Waals surface area contributed by atoms with Crippen LogP contribution in [0, 0.1) is 0 Å². The number of nitrogens with zero attached hydrogens (tertiary/aromatic N) is 1. The molecule has 9 nitrogen and oxygen atoms in total. The highest BCUT2D eigenvalue weighted by Crippen LogP contribution is 2.38. The van der Waals surface area contributed by atoms with Gasteiger partial charge in [0.2, 0.25) is 0 Å². The first-order chi connectivity index (χ1) is 25.0. The van der Waals surface area contributed by atoms with Gasteiger partial charge in [-0.25, -0.2) is 0 Å². The Hall–Kier alpha value is -2.55. The van der Waals surface area contributed by atoms with Gasteiger partial charge in [-0.1, -0.05) is 138 Å². The zero-order valence-corrected chi connectivity index (χ0v) is 34.1. The van der Waals surface area contributed by atoms with Crippen molar-refractivity contribution in [3.63, 3.8) is 0 Å². The summed E-state index contributed by atoms with van der Waals surface area (Å²) in [6.07, 6.45) is 40.9. The lowest BCUT2D eigenvalue weighted by Crippen LogP contribution is -2.37. The van der Waals surface area contributed by atoms with Gasteiger partial charge in [0, 0.05) is 12.8 Å². The van der Waals surface area contributed by atoms with Crippen LogP contribution in [0.3, 0.4) is 0 Å². The third-order valence-electron chi connectivity index (χ3n) is 7.82. The van der Waals surface area contributed by atoms with Gasteiger partial charge in [0.15, 0.2) is 6.10 Å². The second-order valence-corrected chi connectivity index (χ2v) is 15.4. The number of quaternary nitrogens is 1. The zero-order chi connectivity index (χ0) is 38.6. The van der Waals surface area contributed by atoms with Crippen LogP contribution in [-0.2, 0) is 32.7 Å². The maximum atomic E-state index is 12.6. The lowest BCUT2D eigenvalue weighted by atomic mass is 10.1. The lowest BCUT2D eigenvalue weighted by Gasteiger charge is -2.28. The fourth-order valence-electron chi connectivity index (χ4n) is 4.72. The molecule has 0 saturated carbocycles. The molecule has 10 heteroatoms. The Balaban J connectivity index is 4.56. The monoisotopic (exact) mass is 749 g/mol. The van der Waals surface area contributed by atoms with Crippen molar-refractivity contribution in [2.75, 3.05) is 47.5 Å². The summed E-state index contributed by atoms with van der Waals surface area (Å²) in [5, 5.41) is 0. The van der Waals surface area contributed by atoms with Crippen LogP contribution in [0.15, 0.2) is 72.9 Å². The Morgan fingerprint density at radius 1 is 0.635 bits per heavy atom. The van der Waals surface area contributed by atoms with Crippen LogP contribution in [0.5, 0.6) is 0 Å². The summed E-state index contributed by atoms with van der Waals surface area (Å²) in [6.45, 7) is 3.95. The van der Waals surface area contributed by atoms with E-state index in [0.29, 0.717) is 23.9 Å². The van der Waals surface area contributed by atoms with E-state index in [0.717, 1.165) is 51.4 Å². The number of carbonyl (C=O) groups is 2. The van der Waals surface area contributed by atoms with E-state index in [4.69, 9.17) is 18.5 Å². The van der Waals surface area contributed by atoms with E-state index in [2.05, 4.69) is 44.2 Å². The molecule has 0 aliphatic heterocycles. The largest absolute Gasteiger partial charge is 0.756 e. The van der Waals surface area contributed by atoms with Crippen molar-refractivity contribution in [2.45, 2.75) is 136 Å². The molecule has 0 spiro atoms. The predicted octanol–water partition coefficient (Wildman–Crippen LogP) is 10.0. The van der Waals surface area contributed by atoms with Gasteiger partial charge < -0.3 is 27.9 Å². The summed E-state index contributed by atoms with van der Waals surface area (Å²) in [5.41, 5.74) is 0. The van der Waals surface area contributed by atoms with Crippen LogP contribution < -0.4 is 4.89 Å². The van der Waals surface area contributed by atoms with Crippen molar-refractivity contribution in [1.82, 2.24) is 0 Å². The normalized spacial score (nSPS) is 14.5. The van der Waals surface area contributed by atoms with Crippen molar-refractivity contribution < 1.29 is 42.1 Å². The van der Waals surface area contributed by atoms with Crippen LogP contribution in [0.1, 0.15) is 129 Å². The molecule has 0 amide bonds. The maximum Gasteiger partial charge on any atom is 0.306 e. The molecule has 0 aromatic carbocycles. The Morgan fingerprint density at radius 3 is 1.87 bits per heavy atom. The Kier molecular flexibility index (Phi) is 32.6. The van der Waals surface area contributed by atoms with Gasteiger partial charge in [-0.15, -0.1) is 0 Å². The molecular weight excluding hydrogens is 677 g/mol. The fraction of sp³-hybridized carbons (Fsp3) is 0.667. The third-order valence-corrected chi connectivity index (χ3v) is 8.78. The Bertz CT molecular complexity index is 1120. The molecule has 0 aliphatic rings. The van der Waals surface area contributed by atoms with Crippen molar-refractivity contribution in [2.24, 2.45) is 0 Å². The second kappa shape index (κ2) is 34.2. The summed E-state index contributed by atoms with van der Waals surface area (Å²) < 4.78 is 33.7. The van der Waals surface area contributed by atoms with Crippen LogP contribution >= 0.6 is 7.82 Å². The molecule has 0 heterocycles. The van der Waals surface area contributed by atoms with Crippen LogP contribution in [-0.4, -0.2) is 70.0 Å². The van der Waals surface area contributed by atoms with E-state index >= 15 is 0 Å². The molecule has 298 valence electrons. The summed E-state index contributed by atoms with van der Waals surface area (Å²) in [4.78, 5) is 37.3. The quantitative estimate of drug-likeness (QED) is 0.0160. The predicted molar refractivity (Wildman–Crippen MR) is 213 cm³/mol. The van der Waals surface area contributed by atoms with E-state index in [9.17, 15) is 19.0 Å². The van der Waals surface area contributed by atoms with E-state index in [1.54, 1.807) is 0 Å². The van der Waals surface area contributed by atoms with Crippen molar-refractivity contribution >= 4 is 19.8 Å². The van der Waals surface area contributed by atoms with Gasteiger partial charge in [-0.05, 0) is 51.4 Å². The van der Waals surface area contributed by atoms with E-state index in [1.807, 2.05) is 63.7 Å². The smallest absolute Gasteiger partial charge is 0.306 e. The number of carbonyl (C=O) groups excluding carboxylic acids is 2. The number of hydrogen-bond donors (Lipinski definition) is 0. The van der Waals surface area contributed by atoms with Gasteiger partial charge in [0.1, 0.15) is 19.8 Å². The molecule has 2 unspecified atom stereocenters. The highest BCUT2D eigenvalue weighted by atomic mass is 31.2. The average molecular weight is 750 g/mol. The van der Waals surface area contributed by atoms with E-state index in [1.165, 1.54) is 38.5 Å². The summed E-state index contributed by atoms with van der Waals surface area (Å²) in [5.74, 6) is -0.950. The van der Waals surface area contributed by atoms with Gasteiger partial charge >= 0.3 is 11.9 Å². The van der Waals surface area contributed by atoms with Crippen LogP contribution in [0.4, 0.5) is 0 Å². The molecular formula is C42H72NO8P. The minimum absolute atomic E-state index is 0.0480. The summed E-state index contributed by atoms with van der Waals surface area (Å²) >= 11 is 0. The summed E-state index contributed by atoms with van der Waals surface area (Å²) in [6, 6.07) is 0. The molecule has 0 radical (unpaired) electrons. The van der Waals surface area contributed by atoms with Crippen molar-refractivity contribution in [3.8, 4) is 0 Å². The second-order valence-electron chi connectivity index (χ2n) is 14.0. The molecule has 0 bridgehead atoms. The highest BCUT2D eigenvalue weighted by Gasteiger charge is 2.21. The molecule has 0 aromatic heterocycles. The molecule has 0 aromatic rings. The number of ether oxygens (including phenoxy) is 2. The van der Waals surface area contributed by atoms with Crippen LogP contribution in [0.2, 0.25) is 0 Å². The molecule has 0 rings (SSSR count). The average Bonchev–Trinajstić information content (AvgIpc) is 3.09. The molecule has 0 N–H and O–H groups in total. The van der Waals surface area contributed by atoms with Gasteiger partial charge in [0.05, 0.1) is 27.7 Å². The number of hydrogen-bond acceptors (Lipinski definition) is 8. The standard InChI is InChI=1S/C42H72NO8P/c1-6-8-10-12-14-16-18-20-21-23-24-26-28-30-32-34-41(44)48-38-40(39-50-52(46,47)49-37-36-43(3,4)5)51-42(45)35-33-31-29-27-25-22-19-17-15-13-11-9-7-2/h8,10,12,14,16,18,20-22,25,29,31,40H,6-7,9,11,13,15,17,19,23-24,26-28,30,32-39H2,1-5H3/b10-8+,14-12+,18-16+,21-20+,25-22+,31-29+. The van der Waals surface area contributed by atoms with Crippen molar-refractivity contribution in [1.29, 1.82) is 0 Å². The third kappa shape index (κ3) is 37.2. The lowest BCUT2D eigenvalue weighted by molar-refractivity contribution is -0.870. The minimum Gasteiger partial charge on any atom is -0.756 e. The first-order valence-electron chi connectivity index (χ1n) is 19.7. The molecule has 0 aliphatic carbocycles. The number of esters is 2. The SMILES string of the molecule is CC/C=C/C=C/C=C/C=C/CCCCCCCC(=O)OCC(COP(=O)([O-])OCC[N+](C)(C)C)OC(=O)CC/C=C/C/C=C/CCCCCCCC. The van der Waals surface area contributed by atoms with Gasteiger partial charge in [-0.2, -0.15) is 0 Å².